The van der Waals surface area contributed by atoms with Crippen LogP contribution in [0.5, 0.6) is 0 Å². The molecule has 0 unspecified atom stereocenters. The Morgan fingerprint density at radius 3 is 2.62 bits per heavy atom. The fourth-order valence-electron chi connectivity index (χ4n) is 2.79. The fourth-order valence-corrected chi connectivity index (χ4v) is 2.79. The van der Waals surface area contributed by atoms with Gasteiger partial charge in [0.25, 0.3) is 0 Å². The lowest BCUT2D eigenvalue weighted by Crippen LogP contribution is -2.01. The SMILES string of the molecule is CC[C@@H](C)c1ccc(N=Cc2cccn2-c2cccc(C(=O)O)c2)cc1. The maximum absolute atomic E-state index is 11.2. The summed E-state index contributed by atoms with van der Waals surface area (Å²) in [6.07, 6.45) is 4.81. The fraction of sp³-hybridized carbons (Fsp3) is 0.182. The molecule has 0 saturated heterocycles. The van der Waals surface area contributed by atoms with Crippen molar-refractivity contribution < 1.29 is 9.90 Å². The van der Waals surface area contributed by atoms with Gasteiger partial charge in [-0.05, 0) is 60.4 Å². The molecule has 0 aliphatic heterocycles. The molecular weight excluding hydrogens is 324 g/mol. The minimum Gasteiger partial charge on any atom is -0.478 e. The van der Waals surface area contributed by atoms with Crippen molar-refractivity contribution in [3.8, 4) is 5.69 Å². The number of hydrogen-bond acceptors (Lipinski definition) is 2. The van der Waals surface area contributed by atoms with Gasteiger partial charge in [0.05, 0.1) is 23.2 Å². The summed E-state index contributed by atoms with van der Waals surface area (Å²) >= 11 is 0. The van der Waals surface area contributed by atoms with Gasteiger partial charge in [0, 0.05) is 11.9 Å². The molecule has 1 aromatic heterocycles. The van der Waals surface area contributed by atoms with Gasteiger partial charge < -0.3 is 9.67 Å². The number of nitrogens with zero attached hydrogens (tertiary/aromatic N) is 2. The van der Waals surface area contributed by atoms with Crippen molar-refractivity contribution in [2.45, 2.75) is 26.2 Å². The Morgan fingerprint density at radius 2 is 1.92 bits per heavy atom. The Morgan fingerprint density at radius 1 is 1.15 bits per heavy atom. The zero-order valence-electron chi connectivity index (χ0n) is 15.0. The van der Waals surface area contributed by atoms with Gasteiger partial charge in [-0.25, -0.2) is 4.79 Å². The zero-order valence-corrected chi connectivity index (χ0v) is 15.0. The lowest BCUT2D eigenvalue weighted by molar-refractivity contribution is 0.0697. The number of carboxylic acids is 1. The Kier molecular flexibility index (Phi) is 5.32. The third kappa shape index (κ3) is 3.91. The molecule has 2 aromatic carbocycles. The van der Waals surface area contributed by atoms with Crippen molar-refractivity contribution >= 4 is 17.9 Å². The molecule has 0 saturated carbocycles. The van der Waals surface area contributed by atoms with Gasteiger partial charge >= 0.3 is 5.97 Å². The van der Waals surface area contributed by atoms with E-state index in [9.17, 15) is 9.90 Å². The molecular formula is C22H22N2O2. The number of benzene rings is 2. The first-order valence-corrected chi connectivity index (χ1v) is 8.73. The minimum absolute atomic E-state index is 0.264. The molecule has 3 aromatic rings. The van der Waals surface area contributed by atoms with E-state index in [2.05, 4.69) is 31.0 Å². The normalized spacial score (nSPS) is 12.4. The maximum Gasteiger partial charge on any atom is 0.335 e. The summed E-state index contributed by atoms with van der Waals surface area (Å²) in [6, 6.07) is 19.0. The number of rotatable bonds is 6. The molecule has 0 bridgehead atoms. The quantitative estimate of drug-likeness (QED) is 0.604. The lowest BCUT2D eigenvalue weighted by Gasteiger charge is -2.09. The Bertz CT molecular complexity index is 923. The average molecular weight is 346 g/mol. The number of carbonyl (C=O) groups is 1. The summed E-state index contributed by atoms with van der Waals surface area (Å²) in [5.74, 6) is -0.387. The average Bonchev–Trinajstić information content (AvgIpc) is 3.15. The number of aromatic carboxylic acids is 1. The first kappa shape index (κ1) is 17.7. The summed E-state index contributed by atoms with van der Waals surface area (Å²) in [5.41, 5.74) is 4.16. The van der Waals surface area contributed by atoms with Crippen molar-refractivity contribution in [3.05, 3.63) is 83.7 Å². The number of aliphatic imine (C=N–C) groups is 1. The van der Waals surface area contributed by atoms with Crippen LogP contribution in [-0.2, 0) is 0 Å². The second-order valence-corrected chi connectivity index (χ2v) is 6.32. The first-order valence-electron chi connectivity index (χ1n) is 8.73. The lowest BCUT2D eigenvalue weighted by atomic mass is 9.99. The molecule has 0 radical (unpaired) electrons. The van der Waals surface area contributed by atoms with Crippen LogP contribution in [0.4, 0.5) is 5.69 Å². The van der Waals surface area contributed by atoms with E-state index in [4.69, 9.17) is 0 Å². The van der Waals surface area contributed by atoms with Crippen molar-refractivity contribution in [2.24, 2.45) is 4.99 Å². The summed E-state index contributed by atoms with van der Waals surface area (Å²) in [7, 11) is 0. The van der Waals surface area contributed by atoms with Gasteiger partial charge in [0.2, 0.25) is 0 Å². The predicted molar refractivity (Wildman–Crippen MR) is 105 cm³/mol. The molecule has 1 atom stereocenters. The minimum atomic E-state index is -0.935. The van der Waals surface area contributed by atoms with Crippen LogP contribution in [-0.4, -0.2) is 21.9 Å². The number of carboxylic acid groups (broad SMARTS) is 1. The molecule has 0 aliphatic carbocycles. The molecule has 0 fully saturated rings. The molecule has 1 heterocycles. The van der Waals surface area contributed by atoms with Crippen molar-refractivity contribution in [1.29, 1.82) is 0 Å². The smallest absolute Gasteiger partial charge is 0.335 e. The summed E-state index contributed by atoms with van der Waals surface area (Å²) in [5, 5.41) is 9.17. The summed E-state index contributed by atoms with van der Waals surface area (Å²) in [4.78, 5) is 15.7. The third-order valence-corrected chi connectivity index (χ3v) is 4.57. The molecule has 0 spiro atoms. The van der Waals surface area contributed by atoms with E-state index in [1.54, 1.807) is 24.4 Å². The van der Waals surface area contributed by atoms with Gasteiger partial charge in [-0.3, -0.25) is 4.99 Å². The van der Waals surface area contributed by atoms with Gasteiger partial charge in [-0.1, -0.05) is 32.0 Å². The van der Waals surface area contributed by atoms with E-state index < -0.39 is 5.97 Å². The highest BCUT2D eigenvalue weighted by molar-refractivity contribution is 5.88. The van der Waals surface area contributed by atoms with Crippen molar-refractivity contribution in [3.63, 3.8) is 0 Å². The second kappa shape index (κ2) is 7.83. The van der Waals surface area contributed by atoms with Crippen LogP contribution in [0.2, 0.25) is 0 Å². The van der Waals surface area contributed by atoms with E-state index in [0.29, 0.717) is 5.92 Å². The first-order chi connectivity index (χ1) is 12.6. The van der Waals surface area contributed by atoms with Gasteiger partial charge in [-0.15, -0.1) is 0 Å². The van der Waals surface area contributed by atoms with E-state index in [1.807, 2.05) is 41.1 Å². The van der Waals surface area contributed by atoms with Crippen molar-refractivity contribution in [1.82, 2.24) is 4.57 Å². The highest BCUT2D eigenvalue weighted by Crippen LogP contribution is 2.22. The molecule has 0 amide bonds. The number of aromatic nitrogens is 1. The molecule has 132 valence electrons. The third-order valence-electron chi connectivity index (χ3n) is 4.57. The highest BCUT2D eigenvalue weighted by atomic mass is 16.4. The van der Waals surface area contributed by atoms with E-state index in [1.165, 1.54) is 5.56 Å². The van der Waals surface area contributed by atoms with Crippen LogP contribution < -0.4 is 0 Å². The zero-order chi connectivity index (χ0) is 18.5. The van der Waals surface area contributed by atoms with Crippen LogP contribution in [0.25, 0.3) is 5.69 Å². The summed E-state index contributed by atoms with van der Waals surface area (Å²) < 4.78 is 1.92. The largest absolute Gasteiger partial charge is 0.478 e. The summed E-state index contributed by atoms with van der Waals surface area (Å²) in [6.45, 7) is 4.40. The molecule has 3 rings (SSSR count). The van der Waals surface area contributed by atoms with Crippen LogP contribution in [0.15, 0.2) is 71.9 Å². The topological polar surface area (TPSA) is 54.6 Å². The highest BCUT2D eigenvalue weighted by Gasteiger charge is 2.06. The Hall–Kier alpha value is -3.14. The van der Waals surface area contributed by atoms with Gasteiger partial charge in [0.1, 0.15) is 0 Å². The maximum atomic E-state index is 11.2. The monoisotopic (exact) mass is 346 g/mol. The Labute approximate surface area is 153 Å². The van der Waals surface area contributed by atoms with Gasteiger partial charge in [0.15, 0.2) is 0 Å². The van der Waals surface area contributed by atoms with Crippen LogP contribution >= 0.6 is 0 Å². The van der Waals surface area contributed by atoms with Crippen LogP contribution in [0.3, 0.4) is 0 Å². The van der Waals surface area contributed by atoms with E-state index >= 15 is 0 Å². The molecule has 4 nitrogen and oxygen atoms in total. The molecule has 1 N–H and O–H groups in total. The van der Waals surface area contributed by atoms with Crippen LogP contribution in [0, 0.1) is 0 Å². The Balaban J connectivity index is 1.84. The van der Waals surface area contributed by atoms with Gasteiger partial charge in [-0.2, -0.15) is 0 Å². The standard InChI is InChI=1S/C22H22N2O2/c1-3-16(2)17-9-11-19(12-10-17)23-15-21-8-5-13-24(21)20-7-4-6-18(14-20)22(25)26/h4-16H,3H2,1-2H3,(H,25,26)/t16-/m1/s1. The van der Waals surface area contributed by atoms with E-state index in [-0.39, 0.29) is 5.56 Å². The molecule has 0 aliphatic rings. The van der Waals surface area contributed by atoms with Crippen LogP contribution in [0.1, 0.15) is 47.8 Å². The number of hydrogen-bond donors (Lipinski definition) is 1. The molecule has 4 heteroatoms. The predicted octanol–water partition coefficient (Wildman–Crippen LogP) is 5.44. The molecule has 26 heavy (non-hydrogen) atoms. The van der Waals surface area contributed by atoms with Crippen molar-refractivity contribution in [2.75, 3.05) is 0 Å². The van der Waals surface area contributed by atoms with E-state index in [0.717, 1.165) is 23.5 Å². The second-order valence-electron chi connectivity index (χ2n) is 6.32.